The number of aromatic nitrogens is 1. The summed E-state index contributed by atoms with van der Waals surface area (Å²) >= 11 is 0. The molecule has 0 saturated heterocycles. The average Bonchev–Trinajstić information content (AvgIpc) is 1.53. The molecule has 5 heteroatoms. The number of aryl methyl sites for hydroxylation is 4. The molecule has 3 heterocycles. The van der Waals surface area contributed by atoms with E-state index in [9.17, 15) is 0 Å². The zero-order valence-corrected chi connectivity index (χ0v) is 55.6. The normalized spacial score (nSPS) is 13.1. The molecule has 0 fully saturated rings. The molecule has 18 rings (SSSR count). The van der Waals surface area contributed by atoms with Crippen LogP contribution in [0.15, 0.2) is 336 Å². The standard InChI is InChI=1S/C94H69N3O2/c1-60-52-61(2)55-74(54-60)72-40-48-79(49-41-72)95(77-44-36-70(37-45-77)68-32-28-66(29-33-68)64-18-8-5-9-19-64)83-58-85-91(93-89(83)81-24-14-16-26-87(81)98-93)92-86(97(85)76-22-12-7-13-23-76)59-84(90-82-25-15-17-27-88(82)99-94(90)92)96(80-50-42-73(43-51-80)75-56-62(3)53-63(4)57-75)78-46-38-71(39-47-78)69-34-30-67(31-35-69)65-20-10-6-11-21-65/h5-34,36-59,69H,35H2,1-4H3. The lowest BCUT2D eigenvalue weighted by Gasteiger charge is -2.27. The van der Waals surface area contributed by atoms with E-state index in [2.05, 4.69) is 370 Å². The van der Waals surface area contributed by atoms with Gasteiger partial charge in [0.1, 0.15) is 22.3 Å². The molecule has 5 nitrogen and oxygen atoms in total. The van der Waals surface area contributed by atoms with Gasteiger partial charge in [0.15, 0.2) is 0 Å². The summed E-state index contributed by atoms with van der Waals surface area (Å²) in [5.41, 5.74) is 30.3. The molecule has 0 radical (unpaired) electrons. The summed E-state index contributed by atoms with van der Waals surface area (Å²) in [4.78, 5) is 4.88. The van der Waals surface area contributed by atoms with Crippen LogP contribution in [0.4, 0.5) is 34.1 Å². The van der Waals surface area contributed by atoms with E-state index in [0.29, 0.717) is 0 Å². The van der Waals surface area contributed by atoms with Gasteiger partial charge in [0.2, 0.25) is 0 Å². The summed E-state index contributed by atoms with van der Waals surface area (Å²) < 4.78 is 17.4. The fraction of sp³-hybridized carbons (Fsp3) is 0.0638. The Bertz CT molecular complexity index is 5960. The summed E-state index contributed by atoms with van der Waals surface area (Å²) in [6.45, 7) is 8.71. The Balaban J connectivity index is 0.881. The lowest BCUT2D eigenvalue weighted by atomic mass is 9.88. The molecule has 0 bridgehead atoms. The molecular weight excluding hydrogens is 1200 g/mol. The second-order valence-electron chi connectivity index (χ2n) is 26.7. The Morgan fingerprint density at radius 2 is 0.677 bits per heavy atom. The van der Waals surface area contributed by atoms with Gasteiger partial charge in [-0.25, -0.2) is 0 Å². The van der Waals surface area contributed by atoms with E-state index in [-0.39, 0.29) is 5.92 Å². The molecule has 3 aromatic heterocycles. The quantitative estimate of drug-likeness (QED) is 0.115. The Morgan fingerprint density at radius 3 is 1.09 bits per heavy atom. The van der Waals surface area contributed by atoms with E-state index in [1.165, 1.54) is 61.2 Å². The molecule has 1 aliphatic carbocycles. The van der Waals surface area contributed by atoms with Gasteiger partial charge in [0.05, 0.1) is 44.0 Å². The summed E-state index contributed by atoms with van der Waals surface area (Å²) in [5, 5.41) is 5.99. The van der Waals surface area contributed by atoms with Gasteiger partial charge in [-0.1, -0.05) is 265 Å². The van der Waals surface area contributed by atoms with Crippen molar-refractivity contribution in [3.05, 3.63) is 361 Å². The SMILES string of the molecule is Cc1cc(C)cc(-c2ccc(N(c3ccc(-c4ccc(-c5ccccc5)cc4)cc3)c3cc4c(c5oc6ccccc6c35)c3c5oc6ccccc6c5c(N(c5ccc(-c6cc(C)cc(C)c6)cc5)c5ccc(C6C=CC(c7ccccc7)=CC6)cc5)cc3n4-c3ccccc3)cc2)c1. The average molecular weight is 1270 g/mol. The zero-order chi connectivity index (χ0) is 66.2. The minimum atomic E-state index is 0.237. The smallest absolute Gasteiger partial charge is 0.147 e. The Kier molecular flexibility index (Phi) is 14.5. The van der Waals surface area contributed by atoms with Crippen molar-refractivity contribution >= 4 is 105 Å². The third kappa shape index (κ3) is 10.6. The van der Waals surface area contributed by atoms with Crippen molar-refractivity contribution < 1.29 is 8.83 Å². The maximum atomic E-state index is 7.50. The number of hydrogen-bond acceptors (Lipinski definition) is 4. The summed E-state index contributed by atoms with van der Waals surface area (Å²) in [6.07, 6.45) is 7.96. The molecule has 472 valence electrons. The molecular formula is C94H69N3O2. The van der Waals surface area contributed by atoms with E-state index in [4.69, 9.17) is 8.83 Å². The molecule has 1 aliphatic rings. The Morgan fingerprint density at radius 1 is 0.323 bits per heavy atom. The number of allylic oxidation sites excluding steroid dienone is 4. The third-order valence-electron chi connectivity index (χ3n) is 20.0. The van der Waals surface area contributed by atoms with Crippen LogP contribution in [0.5, 0.6) is 0 Å². The summed E-state index contributed by atoms with van der Waals surface area (Å²) in [7, 11) is 0. The van der Waals surface area contributed by atoms with Crippen LogP contribution in [-0.4, -0.2) is 4.57 Å². The fourth-order valence-corrected chi connectivity index (χ4v) is 15.5. The molecule has 99 heavy (non-hydrogen) atoms. The predicted octanol–water partition coefficient (Wildman–Crippen LogP) is 26.6. The number of benzene rings is 14. The summed E-state index contributed by atoms with van der Waals surface area (Å²) in [6, 6.07) is 113. The predicted molar refractivity (Wildman–Crippen MR) is 416 cm³/mol. The maximum Gasteiger partial charge on any atom is 0.147 e. The van der Waals surface area contributed by atoms with Crippen molar-refractivity contribution in [2.75, 3.05) is 9.80 Å². The molecule has 0 N–H and O–H groups in total. The van der Waals surface area contributed by atoms with Gasteiger partial charge in [-0.05, 0) is 180 Å². The van der Waals surface area contributed by atoms with Crippen LogP contribution >= 0.6 is 0 Å². The number of anilines is 6. The molecule has 0 spiro atoms. The largest absolute Gasteiger partial charge is 0.455 e. The zero-order valence-electron chi connectivity index (χ0n) is 55.6. The molecule has 17 aromatic rings. The second kappa shape index (κ2) is 24.3. The Hall–Kier alpha value is -12.4. The van der Waals surface area contributed by atoms with Crippen LogP contribution < -0.4 is 9.80 Å². The number of fused-ring (bicyclic) bond motifs is 11. The Labute approximate surface area is 576 Å². The minimum Gasteiger partial charge on any atom is -0.455 e. The van der Waals surface area contributed by atoms with Gasteiger partial charge in [0, 0.05) is 45.1 Å². The van der Waals surface area contributed by atoms with Gasteiger partial charge >= 0.3 is 0 Å². The third-order valence-corrected chi connectivity index (χ3v) is 20.0. The second-order valence-corrected chi connectivity index (χ2v) is 26.7. The number of furan rings is 2. The number of hydrogen-bond donors (Lipinski definition) is 0. The van der Waals surface area contributed by atoms with E-state index in [1.807, 2.05) is 0 Å². The molecule has 0 aliphatic heterocycles. The van der Waals surface area contributed by atoms with Gasteiger partial charge in [0.25, 0.3) is 0 Å². The van der Waals surface area contributed by atoms with Crippen molar-refractivity contribution in [3.63, 3.8) is 0 Å². The highest BCUT2D eigenvalue weighted by Crippen LogP contribution is 2.54. The maximum absolute atomic E-state index is 7.50. The first kappa shape index (κ1) is 59.1. The lowest BCUT2D eigenvalue weighted by Crippen LogP contribution is -2.11. The molecule has 0 amide bonds. The highest BCUT2D eigenvalue weighted by atomic mass is 16.3. The van der Waals surface area contributed by atoms with Crippen molar-refractivity contribution in [1.29, 1.82) is 0 Å². The van der Waals surface area contributed by atoms with Crippen LogP contribution in [-0.2, 0) is 0 Å². The van der Waals surface area contributed by atoms with Gasteiger partial charge in [-0.15, -0.1) is 0 Å². The van der Waals surface area contributed by atoms with Crippen LogP contribution in [0.1, 0.15) is 45.7 Å². The van der Waals surface area contributed by atoms with E-state index in [1.54, 1.807) is 0 Å². The fourth-order valence-electron chi connectivity index (χ4n) is 15.5. The number of nitrogens with zero attached hydrogens (tertiary/aromatic N) is 3. The van der Waals surface area contributed by atoms with Crippen molar-refractivity contribution in [1.82, 2.24) is 4.57 Å². The van der Waals surface area contributed by atoms with Crippen LogP contribution in [0.25, 0.3) is 121 Å². The monoisotopic (exact) mass is 1270 g/mol. The molecule has 1 atom stereocenters. The number of rotatable bonds is 13. The van der Waals surface area contributed by atoms with Crippen molar-refractivity contribution in [2.24, 2.45) is 0 Å². The minimum absolute atomic E-state index is 0.237. The molecule has 0 saturated carbocycles. The van der Waals surface area contributed by atoms with Crippen molar-refractivity contribution in [2.45, 2.75) is 40.0 Å². The van der Waals surface area contributed by atoms with Gasteiger partial charge in [-0.2, -0.15) is 0 Å². The lowest BCUT2D eigenvalue weighted by molar-refractivity contribution is 0.670. The first-order valence-corrected chi connectivity index (χ1v) is 34.3. The van der Waals surface area contributed by atoms with E-state index >= 15 is 0 Å². The number of para-hydroxylation sites is 3. The van der Waals surface area contributed by atoms with Crippen LogP contribution in [0.2, 0.25) is 0 Å². The highest BCUT2D eigenvalue weighted by molar-refractivity contribution is 6.35. The first-order valence-electron chi connectivity index (χ1n) is 34.3. The van der Waals surface area contributed by atoms with Gasteiger partial charge in [-0.3, -0.25) is 0 Å². The molecule has 14 aromatic carbocycles. The first-order chi connectivity index (χ1) is 48.7. The van der Waals surface area contributed by atoms with E-state index < -0.39 is 0 Å². The van der Waals surface area contributed by atoms with Gasteiger partial charge < -0.3 is 23.2 Å². The summed E-state index contributed by atoms with van der Waals surface area (Å²) in [5.74, 6) is 0.237. The van der Waals surface area contributed by atoms with Crippen molar-refractivity contribution in [3.8, 4) is 50.2 Å². The van der Waals surface area contributed by atoms with Crippen LogP contribution in [0, 0.1) is 27.7 Å². The van der Waals surface area contributed by atoms with Crippen LogP contribution in [0.3, 0.4) is 0 Å². The van der Waals surface area contributed by atoms with E-state index in [0.717, 1.165) is 134 Å². The topological polar surface area (TPSA) is 37.7 Å². The molecule has 1 unspecified atom stereocenters. The highest BCUT2D eigenvalue weighted by Gasteiger charge is 2.31.